The zero-order chi connectivity index (χ0) is 18.8. The van der Waals surface area contributed by atoms with Crippen LogP contribution in [-0.4, -0.2) is 23.9 Å². The summed E-state index contributed by atoms with van der Waals surface area (Å²) >= 11 is 0. The predicted molar refractivity (Wildman–Crippen MR) is 107 cm³/mol. The van der Waals surface area contributed by atoms with E-state index in [1.54, 1.807) is 0 Å². The molecule has 24 heavy (non-hydrogen) atoms. The number of carbonyl (C=O) groups is 1. The summed E-state index contributed by atoms with van der Waals surface area (Å²) in [6.45, 7) is 16.1. The summed E-state index contributed by atoms with van der Waals surface area (Å²) < 4.78 is 0. The van der Waals surface area contributed by atoms with Gasteiger partial charge in [-0.15, -0.1) is 0 Å². The van der Waals surface area contributed by atoms with Crippen molar-refractivity contribution in [2.45, 2.75) is 119 Å². The average Bonchev–Trinajstić information content (AvgIpc) is 2.59. The summed E-state index contributed by atoms with van der Waals surface area (Å²) in [5.74, 6) is 0.322. The molecule has 144 valence electrons. The van der Waals surface area contributed by atoms with Crippen LogP contribution in [0.4, 0.5) is 0 Å². The number of rotatable bonds is 13. The lowest BCUT2D eigenvalue weighted by atomic mass is 9.67. The highest BCUT2D eigenvalue weighted by Gasteiger charge is 2.39. The Morgan fingerprint density at radius 2 is 1.50 bits per heavy atom. The van der Waals surface area contributed by atoms with Crippen molar-refractivity contribution >= 4 is 5.91 Å². The Labute approximate surface area is 152 Å². The van der Waals surface area contributed by atoms with Gasteiger partial charge in [0, 0.05) is 19.5 Å². The molecule has 0 aromatic heterocycles. The van der Waals surface area contributed by atoms with E-state index in [9.17, 15) is 4.79 Å². The van der Waals surface area contributed by atoms with Gasteiger partial charge in [0.25, 0.3) is 0 Å². The van der Waals surface area contributed by atoms with Crippen molar-refractivity contribution in [3.8, 4) is 0 Å². The minimum absolute atomic E-state index is 0.208. The molecule has 0 aliphatic rings. The van der Waals surface area contributed by atoms with Crippen LogP contribution in [0, 0.1) is 10.8 Å². The molecule has 2 nitrogen and oxygen atoms in total. The third-order valence-corrected chi connectivity index (χ3v) is 6.67. The van der Waals surface area contributed by atoms with Crippen LogP contribution in [0.1, 0.15) is 113 Å². The maximum absolute atomic E-state index is 12.6. The molecule has 1 amide bonds. The normalized spacial score (nSPS) is 15.8. The molecule has 2 unspecified atom stereocenters. The van der Waals surface area contributed by atoms with Crippen molar-refractivity contribution in [2.75, 3.05) is 7.05 Å². The number of unbranched alkanes of at least 4 members (excludes halogenated alkanes) is 2. The second-order valence-corrected chi connectivity index (χ2v) is 8.46. The van der Waals surface area contributed by atoms with Gasteiger partial charge in [0.05, 0.1) is 0 Å². The van der Waals surface area contributed by atoms with E-state index in [2.05, 4.69) is 53.4 Å². The van der Waals surface area contributed by atoms with Crippen LogP contribution < -0.4 is 0 Å². The Bertz CT molecular complexity index is 348. The van der Waals surface area contributed by atoms with Crippen LogP contribution in [-0.2, 0) is 4.79 Å². The monoisotopic (exact) mass is 339 g/mol. The fraction of sp³-hybridized carbons (Fsp3) is 0.955. The van der Waals surface area contributed by atoms with Gasteiger partial charge in [-0.05, 0) is 42.9 Å². The molecule has 0 saturated carbocycles. The Morgan fingerprint density at radius 1 is 0.917 bits per heavy atom. The van der Waals surface area contributed by atoms with Gasteiger partial charge in [0.1, 0.15) is 0 Å². The fourth-order valence-electron chi connectivity index (χ4n) is 3.83. The second kappa shape index (κ2) is 11.2. The number of nitrogens with zero attached hydrogens (tertiary/aromatic N) is 1. The Hall–Kier alpha value is -0.530. The quantitative estimate of drug-likeness (QED) is 0.337. The number of hydrogen-bond donors (Lipinski definition) is 0. The molecule has 0 aromatic rings. The van der Waals surface area contributed by atoms with Gasteiger partial charge < -0.3 is 4.90 Å². The molecule has 2 atom stereocenters. The highest BCUT2D eigenvalue weighted by atomic mass is 16.2. The lowest BCUT2D eigenvalue weighted by Crippen LogP contribution is -2.49. The zero-order valence-electron chi connectivity index (χ0n) is 18.0. The molecular formula is C22H45NO. The first kappa shape index (κ1) is 23.5. The summed E-state index contributed by atoms with van der Waals surface area (Å²) in [6.07, 6.45) is 11.4. The van der Waals surface area contributed by atoms with Gasteiger partial charge in [0.2, 0.25) is 5.91 Å². The van der Waals surface area contributed by atoms with Gasteiger partial charge in [0.15, 0.2) is 0 Å². The van der Waals surface area contributed by atoms with Crippen LogP contribution in [0.25, 0.3) is 0 Å². The van der Waals surface area contributed by atoms with E-state index in [0.29, 0.717) is 23.8 Å². The standard InChI is InChI=1S/C22H45NO/c1-9-14-15-17-21(6,11-3)18-19(22(7,12-4)13-5)23(8)20(24)16-10-2/h19H,9-18H2,1-8H3. The number of carbonyl (C=O) groups excluding carboxylic acids is 1. The molecule has 0 rings (SSSR count). The minimum Gasteiger partial charge on any atom is -0.342 e. The summed E-state index contributed by atoms with van der Waals surface area (Å²) in [6, 6.07) is 0.345. The van der Waals surface area contributed by atoms with E-state index >= 15 is 0 Å². The van der Waals surface area contributed by atoms with Crippen LogP contribution in [0.15, 0.2) is 0 Å². The van der Waals surface area contributed by atoms with Crippen LogP contribution in [0.2, 0.25) is 0 Å². The van der Waals surface area contributed by atoms with E-state index < -0.39 is 0 Å². The first-order valence-electron chi connectivity index (χ1n) is 10.5. The number of hydrogen-bond acceptors (Lipinski definition) is 1. The summed E-state index contributed by atoms with van der Waals surface area (Å²) in [5.41, 5.74) is 0.547. The lowest BCUT2D eigenvalue weighted by Gasteiger charge is -2.46. The van der Waals surface area contributed by atoms with Gasteiger partial charge in [-0.25, -0.2) is 0 Å². The Balaban J connectivity index is 5.40. The van der Waals surface area contributed by atoms with E-state index in [-0.39, 0.29) is 5.41 Å². The first-order valence-corrected chi connectivity index (χ1v) is 10.5. The highest BCUT2D eigenvalue weighted by Crippen LogP contribution is 2.43. The molecule has 0 spiro atoms. The van der Waals surface area contributed by atoms with Gasteiger partial charge in [-0.2, -0.15) is 0 Å². The van der Waals surface area contributed by atoms with Gasteiger partial charge in [-0.1, -0.05) is 74.1 Å². The average molecular weight is 340 g/mol. The zero-order valence-corrected chi connectivity index (χ0v) is 18.0. The van der Waals surface area contributed by atoms with Crippen molar-refractivity contribution in [3.63, 3.8) is 0 Å². The molecule has 0 aliphatic carbocycles. The highest BCUT2D eigenvalue weighted by molar-refractivity contribution is 5.76. The van der Waals surface area contributed by atoms with Crippen molar-refractivity contribution in [2.24, 2.45) is 10.8 Å². The predicted octanol–water partition coefficient (Wildman–Crippen LogP) is 6.83. The summed E-state index contributed by atoms with van der Waals surface area (Å²) in [7, 11) is 2.05. The van der Waals surface area contributed by atoms with Crippen LogP contribution in [0.5, 0.6) is 0 Å². The topological polar surface area (TPSA) is 20.3 Å². The van der Waals surface area contributed by atoms with Gasteiger partial charge in [-0.3, -0.25) is 4.79 Å². The Morgan fingerprint density at radius 3 is 1.92 bits per heavy atom. The maximum atomic E-state index is 12.6. The SMILES string of the molecule is CCCCCC(C)(CC)CC(N(C)C(=O)CCC)C(C)(CC)CC. The molecule has 0 fully saturated rings. The largest absolute Gasteiger partial charge is 0.342 e. The summed E-state index contributed by atoms with van der Waals surface area (Å²) in [5, 5.41) is 0. The summed E-state index contributed by atoms with van der Waals surface area (Å²) in [4.78, 5) is 14.7. The lowest BCUT2D eigenvalue weighted by molar-refractivity contribution is -0.136. The molecule has 0 bridgehead atoms. The molecule has 0 N–H and O–H groups in total. The fourth-order valence-corrected chi connectivity index (χ4v) is 3.83. The molecule has 0 aromatic carbocycles. The number of amides is 1. The van der Waals surface area contributed by atoms with Crippen LogP contribution in [0.3, 0.4) is 0 Å². The van der Waals surface area contributed by atoms with Crippen molar-refractivity contribution in [1.82, 2.24) is 4.90 Å². The Kier molecular flexibility index (Phi) is 10.9. The van der Waals surface area contributed by atoms with Crippen molar-refractivity contribution in [1.29, 1.82) is 0 Å². The minimum atomic E-state index is 0.208. The van der Waals surface area contributed by atoms with E-state index in [1.165, 1.54) is 32.1 Å². The maximum Gasteiger partial charge on any atom is 0.222 e. The van der Waals surface area contributed by atoms with E-state index in [4.69, 9.17) is 0 Å². The third kappa shape index (κ3) is 6.76. The van der Waals surface area contributed by atoms with Crippen molar-refractivity contribution < 1.29 is 4.79 Å². The molecule has 0 saturated heterocycles. The molecule has 0 radical (unpaired) electrons. The molecule has 2 heteroatoms. The second-order valence-electron chi connectivity index (χ2n) is 8.46. The first-order chi connectivity index (χ1) is 11.2. The molecule has 0 heterocycles. The smallest absolute Gasteiger partial charge is 0.222 e. The van der Waals surface area contributed by atoms with E-state index in [0.717, 1.165) is 25.7 Å². The van der Waals surface area contributed by atoms with Crippen LogP contribution >= 0.6 is 0 Å². The third-order valence-electron chi connectivity index (χ3n) is 6.67. The van der Waals surface area contributed by atoms with Crippen molar-refractivity contribution in [3.05, 3.63) is 0 Å². The molecular weight excluding hydrogens is 294 g/mol. The van der Waals surface area contributed by atoms with Gasteiger partial charge >= 0.3 is 0 Å². The van der Waals surface area contributed by atoms with E-state index in [1.807, 2.05) is 7.05 Å². The molecule has 0 aliphatic heterocycles.